The van der Waals surface area contributed by atoms with Crippen LogP contribution in [0.25, 0.3) is 0 Å². The Morgan fingerprint density at radius 2 is 1.92 bits per heavy atom. The molecule has 3 heteroatoms. The molecule has 0 spiro atoms. The van der Waals surface area contributed by atoms with Gasteiger partial charge in [-0.2, -0.15) is 0 Å². The fraction of sp³-hybridized carbons (Fsp3) is 1.00. The molecule has 2 saturated heterocycles. The number of rotatable bonds is 2. The summed E-state index contributed by atoms with van der Waals surface area (Å²) in [7, 11) is 0. The van der Waals surface area contributed by atoms with Gasteiger partial charge in [-0.3, -0.25) is 0 Å². The smallest absolute Gasteiger partial charge is 0.0643 e. The highest BCUT2D eigenvalue weighted by molar-refractivity contribution is 4.91. The highest BCUT2D eigenvalue weighted by Gasteiger charge is 2.37. The lowest BCUT2D eigenvalue weighted by Gasteiger charge is -2.34. The van der Waals surface area contributed by atoms with E-state index in [0.29, 0.717) is 12.1 Å². The van der Waals surface area contributed by atoms with Gasteiger partial charge in [0.25, 0.3) is 0 Å². The van der Waals surface area contributed by atoms with E-state index in [-0.39, 0.29) is 5.41 Å². The maximum atomic E-state index is 5.44. The van der Waals surface area contributed by atoms with Gasteiger partial charge in [-0.1, -0.05) is 13.8 Å². The van der Waals surface area contributed by atoms with Crippen LogP contribution < -0.4 is 5.32 Å². The van der Waals surface area contributed by atoms with E-state index < -0.39 is 0 Å². The molecule has 2 rings (SSSR count). The zero-order valence-corrected chi connectivity index (χ0v) is 7.80. The summed E-state index contributed by atoms with van der Waals surface area (Å²) in [5.41, 5.74) is 0.287. The summed E-state index contributed by atoms with van der Waals surface area (Å²) in [6.07, 6.45) is 0. The van der Waals surface area contributed by atoms with Gasteiger partial charge < -0.3 is 14.8 Å². The van der Waals surface area contributed by atoms with Crippen molar-refractivity contribution in [3.8, 4) is 0 Å². The third-order valence-corrected chi connectivity index (χ3v) is 2.78. The molecular weight excluding hydrogens is 154 g/mol. The molecule has 2 aliphatic heterocycles. The van der Waals surface area contributed by atoms with Crippen LogP contribution in [-0.2, 0) is 9.47 Å². The largest absolute Gasteiger partial charge is 0.379 e. The molecule has 0 radical (unpaired) electrons. The Hall–Kier alpha value is -0.120. The van der Waals surface area contributed by atoms with Gasteiger partial charge in [-0.15, -0.1) is 0 Å². The van der Waals surface area contributed by atoms with E-state index in [1.807, 2.05) is 0 Å². The fourth-order valence-electron chi connectivity index (χ4n) is 1.66. The number of hydrogen-bond donors (Lipinski definition) is 1. The van der Waals surface area contributed by atoms with Crippen LogP contribution >= 0.6 is 0 Å². The van der Waals surface area contributed by atoms with Crippen molar-refractivity contribution in [3.63, 3.8) is 0 Å². The van der Waals surface area contributed by atoms with Crippen molar-refractivity contribution in [1.82, 2.24) is 5.32 Å². The minimum atomic E-state index is 0.287. The molecule has 1 N–H and O–H groups in total. The van der Waals surface area contributed by atoms with E-state index in [2.05, 4.69) is 19.2 Å². The van der Waals surface area contributed by atoms with E-state index in [0.717, 1.165) is 26.4 Å². The second kappa shape index (κ2) is 2.98. The minimum absolute atomic E-state index is 0.287. The summed E-state index contributed by atoms with van der Waals surface area (Å²) in [6, 6.07) is 1.07. The van der Waals surface area contributed by atoms with Gasteiger partial charge in [0.15, 0.2) is 0 Å². The Morgan fingerprint density at radius 3 is 2.33 bits per heavy atom. The van der Waals surface area contributed by atoms with Gasteiger partial charge in [0.2, 0.25) is 0 Å². The number of ether oxygens (including phenoxy) is 2. The zero-order chi connectivity index (χ0) is 8.60. The van der Waals surface area contributed by atoms with E-state index in [9.17, 15) is 0 Å². The third-order valence-electron chi connectivity index (χ3n) is 2.78. The Morgan fingerprint density at radius 1 is 1.17 bits per heavy atom. The van der Waals surface area contributed by atoms with Gasteiger partial charge in [0, 0.05) is 11.5 Å². The van der Waals surface area contributed by atoms with Crippen LogP contribution in [0, 0.1) is 5.41 Å². The second-order valence-corrected chi connectivity index (χ2v) is 4.46. The molecule has 0 aromatic rings. The molecule has 70 valence electrons. The molecule has 1 atom stereocenters. The van der Waals surface area contributed by atoms with Crippen LogP contribution in [0.4, 0.5) is 0 Å². The van der Waals surface area contributed by atoms with Gasteiger partial charge >= 0.3 is 0 Å². The topological polar surface area (TPSA) is 30.5 Å². The van der Waals surface area contributed by atoms with E-state index in [4.69, 9.17) is 9.47 Å². The van der Waals surface area contributed by atoms with E-state index in [1.54, 1.807) is 0 Å². The Kier molecular flexibility index (Phi) is 2.10. The first kappa shape index (κ1) is 8.48. The summed E-state index contributed by atoms with van der Waals surface area (Å²) < 4.78 is 10.5. The second-order valence-electron chi connectivity index (χ2n) is 4.46. The Balaban J connectivity index is 1.85. The van der Waals surface area contributed by atoms with Crippen molar-refractivity contribution in [2.45, 2.75) is 25.9 Å². The molecule has 2 aliphatic rings. The van der Waals surface area contributed by atoms with Crippen molar-refractivity contribution in [2.24, 2.45) is 5.41 Å². The van der Waals surface area contributed by atoms with Crippen molar-refractivity contribution in [3.05, 3.63) is 0 Å². The Bertz CT molecular complexity index is 166. The molecule has 0 aliphatic carbocycles. The molecule has 0 amide bonds. The van der Waals surface area contributed by atoms with Crippen LogP contribution in [0.1, 0.15) is 13.8 Å². The molecule has 0 aromatic carbocycles. The van der Waals surface area contributed by atoms with Crippen molar-refractivity contribution >= 4 is 0 Å². The number of nitrogens with one attached hydrogen (secondary N) is 1. The molecule has 0 aromatic heterocycles. The molecule has 2 fully saturated rings. The molecule has 1 unspecified atom stereocenters. The average Bonchev–Trinajstić information content (AvgIpc) is 2.21. The highest BCUT2D eigenvalue weighted by Crippen LogP contribution is 2.27. The van der Waals surface area contributed by atoms with E-state index >= 15 is 0 Å². The first-order valence-electron chi connectivity index (χ1n) is 4.60. The van der Waals surface area contributed by atoms with Gasteiger partial charge in [0.1, 0.15) is 0 Å². The SMILES string of the molecule is CC1(C)COCC1NC1COC1. The van der Waals surface area contributed by atoms with Crippen LogP contribution in [0.3, 0.4) is 0 Å². The third kappa shape index (κ3) is 1.49. The van der Waals surface area contributed by atoms with Crippen LogP contribution in [0.5, 0.6) is 0 Å². The summed E-state index contributed by atoms with van der Waals surface area (Å²) in [6.45, 7) is 7.95. The van der Waals surface area contributed by atoms with Crippen molar-refractivity contribution in [1.29, 1.82) is 0 Å². The van der Waals surface area contributed by atoms with Gasteiger partial charge in [-0.05, 0) is 0 Å². The summed E-state index contributed by atoms with van der Waals surface area (Å²) in [5.74, 6) is 0. The van der Waals surface area contributed by atoms with Gasteiger partial charge in [-0.25, -0.2) is 0 Å². The van der Waals surface area contributed by atoms with Crippen LogP contribution in [-0.4, -0.2) is 38.5 Å². The summed E-state index contributed by atoms with van der Waals surface area (Å²) in [5, 5.41) is 3.56. The number of hydrogen-bond acceptors (Lipinski definition) is 3. The maximum Gasteiger partial charge on any atom is 0.0643 e. The lowest BCUT2D eigenvalue weighted by Crippen LogP contribution is -2.54. The van der Waals surface area contributed by atoms with Gasteiger partial charge in [0.05, 0.1) is 32.5 Å². The first-order chi connectivity index (χ1) is 5.68. The predicted molar refractivity (Wildman–Crippen MR) is 46.1 cm³/mol. The van der Waals surface area contributed by atoms with E-state index in [1.165, 1.54) is 0 Å². The quantitative estimate of drug-likeness (QED) is 0.652. The highest BCUT2D eigenvalue weighted by atomic mass is 16.5. The molecule has 2 heterocycles. The van der Waals surface area contributed by atoms with Crippen molar-refractivity contribution < 1.29 is 9.47 Å². The molecular formula is C9H17NO2. The summed E-state index contributed by atoms with van der Waals surface area (Å²) in [4.78, 5) is 0. The molecule has 3 nitrogen and oxygen atoms in total. The molecule has 0 saturated carbocycles. The normalized spacial score (nSPS) is 35.0. The monoisotopic (exact) mass is 171 g/mol. The summed E-state index contributed by atoms with van der Waals surface area (Å²) >= 11 is 0. The van der Waals surface area contributed by atoms with Crippen LogP contribution in [0.15, 0.2) is 0 Å². The zero-order valence-electron chi connectivity index (χ0n) is 7.80. The lowest BCUT2D eigenvalue weighted by atomic mass is 9.87. The standard InChI is InChI=1S/C9H17NO2/c1-9(2)6-12-5-8(9)10-7-3-11-4-7/h7-8,10H,3-6H2,1-2H3. The fourth-order valence-corrected chi connectivity index (χ4v) is 1.66. The average molecular weight is 171 g/mol. The van der Waals surface area contributed by atoms with Crippen molar-refractivity contribution in [2.75, 3.05) is 26.4 Å². The molecule has 0 bridgehead atoms. The minimum Gasteiger partial charge on any atom is -0.379 e. The lowest BCUT2D eigenvalue weighted by molar-refractivity contribution is -0.0143. The first-order valence-corrected chi connectivity index (χ1v) is 4.60. The maximum absolute atomic E-state index is 5.44. The Labute approximate surface area is 73.4 Å². The predicted octanol–water partition coefficient (Wildman–Crippen LogP) is 0.400. The molecule has 12 heavy (non-hydrogen) atoms. The van der Waals surface area contributed by atoms with Crippen LogP contribution in [0.2, 0.25) is 0 Å².